The monoisotopic (exact) mass is 241 g/mol. The van der Waals surface area contributed by atoms with Crippen molar-refractivity contribution in [1.82, 2.24) is 0 Å². The number of rotatable bonds is 3. The average Bonchev–Trinajstić information content (AvgIpc) is 2.82. The average molecular weight is 241 g/mol. The summed E-state index contributed by atoms with van der Waals surface area (Å²) in [7, 11) is 0. The lowest BCUT2D eigenvalue weighted by molar-refractivity contribution is -0.143. The van der Waals surface area contributed by atoms with Crippen molar-refractivity contribution in [1.29, 1.82) is 0 Å². The molecule has 0 heterocycles. The Balaban J connectivity index is 2.37. The van der Waals surface area contributed by atoms with Crippen LogP contribution in [-0.4, -0.2) is 38.8 Å². The molecular weight excluding hydrogens is 230 g/mol. The summed E-state index contributed by atoms with van der Waals surface area (Å²) in [5, 5.41) is 26.6. The summed E-state index contributed by atoms with van der Waals surface area (Å²) in [6.45, 7) is 0. The lowest BCUT2D eigenvalue weighted by Gasteiger charge is -2.24. The SMILES string of the molecule is N[C@@]1(C(=O)O)C(=CC(=O)O)C[C@@H]2[C@@H](C(=O)O)[C@H]21. The summed E-state index contributed by atoms with van der Waals surface area (Å²) in [6.07, 6.45) is 0.899. The highest BCUT2D eigenvalue weighted by atomic mass is 16.4. The van der Waals surface area contributed by atoms with Crippen LogP contribution in [0.25, 0.3) is 0 Å². The maximum absolute atomic E-state index is 11.2. The fraction of sp³-hybridized carbons (Fsp3) is 0.500. The third-order valence-corrected chi connectivity index (χ3v) is 3.62. The summed E-state index contributed by atoms with van der Waals surface area (Å²) in [6, 6.07) is 0. The molecule has 0 saturated heterocycles. The van der Waals surface area contributed by atoms with Crippen LogP contribution < -0.4 is 5.73 Å². The van der Waals surface area contributed by atoms with E-state index in [4.69, 9.17) is 21.1 Å². The molecule has 0 radical (unpaired) electrons. The Labute approximate surface area is 95.5 Å². The van der Waals surface area contributed by atoms with E-state index in [1.165, 1.54) is 0 Å². The third kappa shape index (κ3) is 1.42. The van der Waals surface area contributed by atoms with Crippen molar-refractivity contribution in [3.05, 3.63) is 11.6 Å². The van der Waals surface area contributed by atoms with Gasteiger partial charge in [0.05, 0.1) is 5.92 Å². The molecule has 0 aliphatic heterocycles. The van der Waals surface area contributed by atoms with Gasteiger partial charge in [-0.3, -0.25) is 4.79 Å². The van der Waals surface area contributed by atoms with E-state index in [0.29, 0.717) is 0 Å². The van der Waals surface area contributed by atoms with Crippen LogP contribution >= 0.6 is 0 Å². The number of hydrogen-bond donors (Lipinski definition) is 4. The van der Waals surface area contributed by atoms with Gasteiger partial charge in [-0.15, -0.1) is 0 Å². The molecule has 4 atom stereocenters. The second-order valence-corrected chi connectivity index (χ2v) is 4.44. The van der Waals surface area contributed by atoms with Crippen molar-refractivity contribution >= 4 is 17.9 Å². The molecule has 92 valence electrons. The van der Waals surface area contributed by atoms with Gasteiger partial charge in [-0.2, -0.15) is 0 Å². The third-order valence-electron chi connectivity index (χ3n) is 3.62. The van der Waals surface area contributed by atoms with Crippen LogP contribution in [0.2, 0.25) is 0 Å². The second-order valence-electron chi connectivity index (χ2n) is 4.44. The molecule has 2 aliphatic rings. The molecule has 2 fully saturated rings. The van der Waals surface area contributed by atoms with Crippen LogP contribution in [0.4, 0.5) is 0 Å². The van der Waals surface area contributed by atoms with Crippen LogP contribution in [0.5, 0.6) is 0 Å². The predicted molar refractivity (Wildman–Crippen MR) is 53.0 cm³/mol. The van der Waals surface area contributed by atoms with Gasteiger partial charge >= 0.3 is 17.9 Å². The minimum atomic E-state index is -1.86. The number of carboxylic acid groups (broad SMARTS) is 3. The Kier molecular flexibility index (Phi) is 2.25. The highest BCUT2D eigenvalue weighted by molar-refractivity contribution is 5.92. The largest absolute Gasteiger partial charge is 0.481 e. The van der Waals surface area contributed by atoms with Gasteiger partial charge in [0.1, 0.15) is 5.54 Å². The quantitative estimate of drug-likeness (QED) is 0.471. The Bertz CT molecular complexity index is 456. The summed E-state index contributed by atoms with van der Waals surface area (Å²) >= 11 is 0. The van der Waals surface area contributed by atoms with Crippen LogP contribution in [0.3, 0.4) is 0 Å². The maximum Gasteiger partial charge on any atom is 0.328 e. The molecule has 17 heavy (non-hydrogen) atoms. The van der Waals surface area contributed by atoms with Crippen molar-refractivity contribution in [2.45, 2.75) is 12.0 Å². The topological polar surface area (TPSA) is 138 Å². The lowest BCUT2D eigenvalue weighted by atomic mass is 9.86. The molecule has 2 rings (SSSR count). The van der Waals surface area contributed by atoms with Crippen LogP contribution in [0.15, 0.2) is 11.6 Å². The van der Waals surface area contributed by atoms with Crippen molar-refractivity contribution < 1.29 is 29.7 Å². The summed E-state index contributed by atoms with van der Waals surface area (Å²) < 4.78 is 0. The molecule has 0 amide bonds. The Morgan fingerprint density at radius 2 is 1.88 bits per heavy atom. The summed E-state index contributed by atoms with van der Waals surface area (Å²) in [5.74, 6) is -5.57. The standard InChI is InChI=1S/C10H11NO6/c11-10(9(16)17)3(2-5(12)13)1-4-6(7(4)10)8(14)15/h2,4,6-7H,1,11H2,(H,12,13)(H,14,15)(H,16,17)/t4-,6-,7+,10+/m1/s1. The number of carboxylic acids is 3. The number of hydrogen-bond acceptors (Lipinski definition) is 4. The van der Waals surface area contributed by atoms with E-state index in [9.17, 15) is 14.4 Å². The van der Waals surface area contributed by atoms with Gasteiger partial charge in [0.2, 0.25) is 0 Å². The van der Waals surface area contributed by atoms with E-state index in [1.807, 2.05) is 0 Å². The first-order chi connectivity index (χ1) is 7.80. The number of fused-ring (bicyclic) bond motifs is 1. The van der Waals surface area contributed by atoms with Crippen molar-refractivity contribution in [2.24, 2.45) is 23.5 Å². The van der Waals surface area contributed by atoms with Crippen LogP contribution in [-0.2, 0) is 14.4 Å². The molecule has 0 bridgehead atoms. The van der Waals surface area contributed by atoms with E-state index in [1.54, 1.807) is 0 Å². The number of nitrogens with two attached hydrogens (primary N) is 1. The zero-order valence-electron chi connectivity index (χ0n) is 8.66. The van der Waals surface area contributed by atoms with E-state index in [-0.39, 0.29) is 17.9 Å². The van der Waals surface area contributed by atoms with Gasteiger partial charge in [-0.1, -0.05) is 0 Å². The summed E-state index contributed by atoms with van der Waals surface area (Å²) in [5.41, 5.74) is 3.95. The van der Waals surface area contributed by atoms with Crippen molar-refractivity contribution in [2.75, 3.05) is 0 Å². The number of aliphatic carboxylic acids is 3. The van der Waals surface area contributed by atoms with E-state index in [0.717, 1.165) is 6.08 Å². The highest BCUT2D eigenvalue weighted by Gasteiger charge is 2.72. The molecule has 0 unspecified atom stereocenters. The van der Waals surface area contributed by atoms with E-state index < -0.39 is 35.3 Å². The van der Waals surface area contributed by atoms with Gasteiger partial charge in [0.15, 0.2) is 0 Å². The Morgan fingerprint density at radius 1 is 1.29 bits per heavy atom. The van der Waals surface area contributed by atoms with Gasteiger partial charge in [0, 0.05) is 12.0 Å². The van der Waals surface area contributed by atoms with Gasteiger partial charge in [0.25, 0.3) is 0 Å². The molecule has 0 aromatic rings. The summed E-state index contributed by atoms with van der Waals surface area (Å²) in [4.78, 5) is 32.6. The molecule has 0 spiro atoms. The minimum Gasteiger partial charge on any atom is -0.481 e. The molecule has 0 aromatic heterocycles. The first-order valence-electron chi connectivity index (χ1n) is 4.99. The minimum absolute atomic E-state index is 0.0880. The van der Waals surface area contributed by atoms with Crippen molar-refractivity contribution in [3.8, 4) is 0 Å². The van der Waals surface area contributed by atoms with Gasteiger partial charge in [-0.05, 0) is 17.9 Å². The number of carbonyl (C=O) groups is 3. The molecular formula is C10H11NO6. The van der Waals surface area contributed by atoms with Crippen LogP contribution in [0, 0.1) is 17.8 Å². The second kappa shape index (κ2) is 3.30. The fourth-order valence-corrected chi connectivity index (χ4v) is 2.83. The molecule has 2 saturated carbocycles. The lowest BCUT2D eigenvalue weighted by Crippen LogP contribution is -2.51. The predicted octanol–water partition coefficient (Wildman–Crippen LogP) is -0.870. The van der Waals surface area contributed by atoms with E-state index in [2.05, 4.69) is 0 Å². The molecule has 7 nitrogen and oxygen atoms in total. The zero-order valence-corrected chi connectivity index (χ0v) is 8.66. The normalized spacial score (nSPS) is 41.0. The van der Waals surface area contributed by atoms with E-state index >= 15 is 0 Å². The van der Waals surface area contributed by atoms with Crippen molar-refractivity contribution in [3.63, 3.8) is 0 Å². The van der Waals surface area contributed by atoms with Gasteiger partial charge in [-0.25, -0.2) is 9.59 Å². The molecule has 7 heteroatoms. The highest BCUT2D eigenvalue weighted by Crippen LogP contribution is 2.63. The van der Waals surface area contributed by atoms with Gasteiger partial charge < -0.3 is 21.1 Å². The first-order valence-corrected chi connectivity index (χ1v) is 4.99. The molecule has 0 aromatic carbocycles. The Morgan fingerprint density at radius 3 is 2.29 bits per heavy atom. The Hall–Kier alpha value is -1.89. The van der Waals surface area contributed by atoms with Crippen LogP contribution in [0.1, 0.15) is 6.42 Å². The smallest absolute Gasteiger partial charge is 0.328 e. The fourth-order valence-electron chi connectivity index (χ4n) is 2.83. The first kappa shape index (κ1) is 11.6. The maximum atomic E-state index is 11.2. The molecule has 2 aliphatic carbocycles. The molecule has 5 N–H and O–H groups in total. The zero-order chi connectivity index (χ0) is 13.0.